The van der Waals surface area contributed by atoms with Crippen LogP contribution in [0.4, 0.5) is 0 Å². The van der Waals surface area contributed by atoms with Crippen molar-refractivity contribution in [3.8, 4) is 0 Å². The molecule has 0 aromatic carbocycles. The van der Waals surface area contributed by atoms with Gasteiger partial charge >= 0.3 is 0 Å². The number of hydrogen-bond acceptors (Lipinski definition) is 3. The van der Waals surface area contributed by atoms with Crippen molar-refractivity contribution in [2.75, 3.05) is 39.4 Å². The van der Waals surface area contributed by atoms with E-state index >= 15 is 0 Å². The molecule has 170 valence electrons. The summed E-state index contributed by atoms with van der Waals surface area (Å²) >= 11 is 0. The maximum atomic E-state index is 11.8. The molecule has 30 heavy (non-hydrogen) atoms. The predicted molar refractivity (Wildman–Crippen MR) is 129 cm³/mol. The molecule has 0 bridgehead atoms. The topological polar surface area (TPSA) is 41.6 Å². The van der Waals surface area contributed by atoms with Gasteiger partial charge in [-0.25, -0.2) is 0 Å². The molecule has 0 aromatic rings. The average molecular weight is 417 g/mol. The van der Waals surface area contributed by atoms with Gasteiger partial charge in [-0.2, -0.15) is 0 Å². The quantitative estimate of drug-likeness (QED) is 0.249. The van der Waals surface area contributed by atoms with E-state index < -0.39 is 0 Å². The summed E-state index contributed by atoms with van der Waals surface area (Å²) in [5.41, 5.74) is 0. The minimum Gasteiger partial charge on any atom is -0.379 e. The molecule has 4 nitrogen and oxygen atoms in total. The molecule has 0 spiro atoms. The summed E-state index contributed by atoms with van der Waals surface area (Å²) in [4.78, 5) is 14.2. The highest BCUT2D eigenvalue weighted by Crippen LogP contribution is 2.01. The van der Waals surface area contributed by atoms with Crippen LogP contribution in [0.1, 0.15) is 71.1 Å². The van der Waals surface area contributed by atoms with E-state index in [0.717, 1.165) is 71.5 Å². The number of carbonyl (C=O) groups excluding carboxylic acids is 1. The van der Waals surface area contributed by atoms with Crippen molar-refractivity contribution in [3.05, 3.63) is 48.6 Å². The number of ether oxygens (including phenoxy) is 1. The zero-order chi connectivity index (χ0) is 21.5. The van der Waals surface area contributed by atoms with E-state index in [1.807, 2.05) is 0 Å². The first-order valence-electron chi connectivity index (χ1n) is 12.0. The fraction of sp³-hybridized carbons (Fsp3) is 0.654. The van der Waals surface area contributed by atoms with Gasteiger partial charge in [-0.1, -0.05) is 68.4 Å². The monoisotopic (exact) mass is 416 g/mol. The first-order chi connectivity index (χ1) is 14.8. The van der Waals surface area contributed by atoms with Gasteiger partial charge in [0.05, 0.1) is 13.2 Å². The normalized spacial score (nSPS) is 15.9. The van der Waals surface area contributed by atoms with Crippen molar-refractivity contribution in [2.24, 2.45) is 0 Å². The third kappa shape index (κ3) is 17.2. The fourth-order valence-electron chi connectivity index (χ4n) is 3.21. The minimum atomic E-state index is 0.166. The molecule has 1 aliphatic rings. The van der Waals surface area contributed by atoms with Crippen LogP contribution in [0.25, 0.3) is 0 Å². The lowest BCUT2D eigenvalue weighted by molar-refractivity contribution is -0.121. The Hall–Kier alpha value is -1.65. The summed E-state index contributed by atoms with van der Waals surface area (Å²) in [7, 11) is 0. The average Bonchev–Trinajstić information content (AvgIpc) is 2.76. The smallest absolute Gasteiger partial charge is 0.220 e. The third-order valence-electron chi connectivity index (χ3n) is 5.09. The molecular formula is C26H44N2O2. The first-order valence-corrected chi connectivity index (χ1v) is 12.0. The number of rotatable bonds is 17. The van der Waals surface area contributed by atoms with E-state index in [2.05, 4.69) is 65.7 Å². The molecule has 0 saturated carbocycles. The van der Waals surface area contributed by atoms with Gasteiger partial charge in [-0.15, -0.1) is 0 Å². The molecule has 1 fully saturated rings. The molecular weight excluding hydrogens is 372 g/mol. The molecule has 0 unspecified atom stereocenters. The number of nitrogens with zero attached hydrogens (tertiary/aromatic N) is 1. The largest absolute Gasteiger partial charge is 0.379 e. The number of allylic oxidation sites excluding steroid dienone is 8. The molecule has 0 aliphatic carbocycles. The summed E-state index contributed by atoms with van der Waals surface area (Å²) in [6, 6.07) is 0. The molecule has 0 aromatic heterocycles. The molecule has 0 radical (unpaired) electrons. The standard InChI is InChI=1S/C26H44N2O2/c1-2-3-4-5-6-7-8-9-10-11-12-13-14-15-16-17-18-19-26(29)27-20-21-28-22-24-30-25-23-28/h6-7,9-10,12-13,15-16H,2-5,8,11,14,17-25H2,1H3,(H,27,29). The molecule has 1 rings (SSSR count). The van der Waals surface area contributed by atoms with Crippen LogP contribution in [-0.2, 0) is 9.53 Å². The summed E-state index contributed by atoms with van der Waals surface area (Å²) in [5, 5.41) is 3.02. The SMILES string of the molecule is CCCCCC=CCC=CCC=CCC=CCCCC(=O)NCCN1CCOCC1. The number of carbonyl (C=O) groups is 1. The van der Waals surface area contributed by atoms with Crippen LogP contribution in [0.2, 0.25) is 0 Å². The maximum absolute atomic E-state index is 11.8. The van der Waals surface area contributed by atoms with Crippen LogP contribution < -0.4 is 5.32 Å². The van der Waals surface area contributed by atoms with Gasteiger partial charge in [0.15, 0.2) is 0 Å². The minimum absolute atomic E-state index is 0.166. The highest BCUT2D eigenvalue weighted by atomic mass is 16.5. The third-order valence-corrected chi connectivity index (χ3v) is 5.09. The maximum Gasteiger partial charge on any atom is 0.220 e. The van der Waals surface area contributed by atoms with Crippen LogP contribution in [0.5, 0.6) is 0 Å². The van der Waals surface area contributed by atoms with Crippen molar-refractivity contribution in [1.82, 2.24) is 10.2 Å². The number of unbranched alkanes of at least 4 members (excludes halogenated alkanes) is 4. The molecule has 1 N–H and O–H groups in total. The van der Waals surface area contributed by atoms with E-state index in [0.29, 0.717) is 6.42 Å². The highest BCUT2D eigenvalue weighted by Gasteiger charge is 2.09. The molecule has 0 atom stereocenters. The molecule has 1 aliphatic heterocycles. The Balaban J connectivity index is 1.88. The Morgan fingerprint density at radius 3 is 2.00 bits per heavy atom. The van der Waals surface area contributed by atoms with E-state index in [9.17, 15) is 4.79 Å². The van der Waals surface area contributed by atoms with Gasteiger partial charge in [0.1, 0.15) is 0 Å². The second-order valence-electron chi connectivity index (χ2n) is 7.78. The summed E-state index contributed by atoms with van der Waals surface area (Å²) < 4.78 is 5.33. The molecule has 1 heterocycles. The Kier molecular flexibility index (Phi) is 18.1. The lowest BCUT2D eigenvalue weighted by Gasteiger charge is -2.26. The van der Waals surface area contributed by atoms with Gasteiger partial charge in [0.25, 0.3) is 0 Å². The number of morpholine rings is 1. The zero-order valence-corrected chi connectivity index (χ0v) is 19.2. The van der Waals surface area contributed by atoms with Crippen molar-refractivity contribution in [2.45, 2.75) is 71.1 Å². The van der Waals surface area contributed by atoms with Crippen molar-refractivity contribution in [1.29, 1.82) is 0 Å². The van der Waals surface area contributed by atoms with Gasteiger partial charge in [0, 0.05) is 32.6 Å². The first kappa shape index (κ1) is 26.4. The second kappa shape index (κ2) is 20.6. The lowest BCUT2D eigenvalue weighted by Crippen LogP contribution is -2.41. The van der Waals surface area contributed by atoms with Crippen LogP contribution >= 0.6 is 0 Å². The molecule has 1 amide bonds. The molecule has 4 heteroatoms. The molecule has 1 saturated heterocycles. The summed E-state index contributed by atoms with van der Waals surface area (Å²) in [6.07, 6.45) is 28.5. The predicted octanol–water partition coefficient (Wildman–Crippen LogP) is 5.58. The van der Waals surface area contributed by atoms with Crippen LogP contribution in [0, 0.1) is 0 Å². The van der Waals surface area contributed by atoms with E-state index in [1.165, 1.54) is 25.7 Å². The Labute approximate surface area is 185 Å². The Morgan fingerprint density at radius 2 is 1.40 bits per heavy atom. The van der Waals surface area contributed by atoms with Gasteiger partial charge in [0.2, 0.25) is 5.91 Å². The van der Waals surface area contributed by atoms with Crippen LogP contribution in [0.3, 0.4) is 0 Å². The van der Waals surface area contributed by atoms with Crippen LogP contribution in [0.15, 0.2) is 48.6 Å². The van der Waals surface area contributed by atoms with E-state index in [-0.39, 0.29) is 5.91 Å². The second-order valence-corrected chi connectivity index (χ2v) is 7.78. The zero-order valence-electron chi connectivity index (χ0n) is 19.2. The van der Waals surface area contributed by atoms with E-state index in [1.54, 1.807) is 0 Å². The number of hydrogen-bond donors (Lipinski definition) is 1. The fourth-order valence-corrected chi connectivity index (χ4v) is 3.21. The van der Waals surface area contributed by atoms with Crippen molar-refractivity contribution < 1.29 is 9.53 Å². The number of nitrogens with one attached hydrogen (secondary N) is 1. The number of amides is 1. The Bertz CT molecular complexity index is 517. The highest BCUT2D eigenvalue weighted by molar-refractivity contribution is 5.75. The summed E-state index contributed by atoms with van der Waals surface area (Å²) in [5.74, 6) is 0.166. The Morgan fingerprint density at radius 1 is 0.833 bits per heavy atom. The van der Waals surface area contributed by atoms with E-state index in [4.69, 9.17) is 4.74 Å². The lowest BCUT2D eigenvalue weighted by atomic mass is 10.2. The van der Waals surface area contributed by atoms with Crippen molar-refractivity contribution in [3.63, 3.8) is 0 Å². The van der Waals surface area contributed by atoms with Crippen molar-refractivity contribution >= 4 is 5.91 Å². The van der Waals surface area contributed by atoms with Gasteiger partial charge in [-0.05, 0) is 44.9 Å². The van der Waals surface area contributed by atoms with Gasteiger partial charge in [-0.3, -0.25) is 9.69 Å². The summed E-state index contributed by atoms with van der Waals surface area (Å²) in [6.45, 7) is 7.47. The van der Waals surface area contributed by atoms with Crippen LogP contribution in [-0.4, -0.2) is 50.2 Å². The van der Waals surface area contributed by atoms with Gasteiger partial charge < -0.3 is 10.1 Å².